The van der Waals surface area contributed by atoms with E-state index in [0.29, 0.717) is 4.47 Å². The summed E-state index contributed by atoms with van der Waals surface area (Å²) < 4.78 is 21.0. The molecule has 1 fully saturated rings. The Bertz CT molecular complexity index is 522. The van der Waals surface area contributed by atoms with Crippen LogP contribution in [0.5, 0.6) is 0 Å². The molecule has 0 unspecified atom stereocenters. The maximum Gasteiger partial charge on any atom is 0.292 e. The molecule has 7 heteroatoms. The average Bonchev–Trinajstić information content (AvgIpc) is 2.24. The monoisotopic (exact) mass is 304 g/mol. The highest BCUT2D eigenvalue weighted by Gasteiger charge is 2.36. The summed E-state index contributed by atoms with van der Waals surface area (Å²) in [5, 5.41) is 23.2. The quantitative estimate of drug-likeness (QED) is 0.651. The minimum Gasteiger partial charge on any atom is -0.383 e. The lowest BCUT2D eigenvalue weighted by molar-refractivity contribution is -0.384. The third kappa shape index (κ3) is 2.74. The molecule has 0 bridgehead atoms. The molecule has 0 aromatic heterocycles. The molecule has 1 aromatic rings. The zero-order chi connectivity index (χ0) is 14.3. The molecule has 0 saturated carbocycles. The van der Waals surface area contributed by atoms with Crippen molar-refractivity contribution in [1.82, 2.24) is 0 Å². The first-order valence-electron chi connectivity index (χ1n) is 5.77. The molecule has 6 nitrogen and oxygen atoms in total. The lowest BCUT2D eigenvalue weighted by Crippen LogP contribution is -2.54. The first-order chi connectivity index (χ1) is 8.75. The Hall–Kier alpha value is -1.18. The van der Waals surface area contributed by atoms with Crippen LogP contribution in [0.2, 0.25) is 0 Å². The Kier molecular flexibility index (Phi) is 2.65. The van der Waals surface area contributed by atoms with Crippen molar-refractivity contribution in [3.05, 3.63) is 32.8 Å². The number of aliphatic hydroxyl groups is 1. The molecule has 17 heavy (non-hydrogen) atoms. The van der Waals surface area contributed by atoms with Gasteiger partial charge in [0.25, 0.3) is 5.69 Å². The summed E-state index contributed by atoms with van der Waals surface area (Å²) >= 11 is 3.16. The van der Waals surface area contributed by atoms with Gasteiger partial charge in [-0.2, -0.15) is 0 Å². The Morgan fingerprint density at radius 1 is 1.71 bits per heavy atom. The highest BCUT2D eigenvalue weighted by molar-refractivity contribution is 9.10. The zero-order valence-electron chi connectivity index (χ0n) is 10.6. The Morgan fingerprint density at radius 2 is 2.41 bits per heavy atom. The van der Waals surface area contributed by atoms with Gasteiger partial charge in [-0.25, -0.2) is 0 Å². The SMILES string of the molecule is [2H]C([2H])(Nc1cc(Br)ccc1[N+](=O)[O-])C1(O)COC1. The standard InChI is InChI=1S/C10H11BrN2O4/c11-7-1-2-9(13(15)16)8(3-7)12-4-10(14)5-17-6-10/h1-3,12,14H,4-6H2/i4D2. The third-order valence-corrected chi connectivity index (χ3v) is 2.76. The maximum absolute atomic E-state index is 10.9. The van der Waals surface area contributed by atoms with Gasteiger partial charge in [0.05, 0.1) is 20.9 Å². The van der Waals surface area contributed by atoms with Crippen LogP contribution in [0.15, 0.2) is 22.7 Å². The van der Waals surface area contributed by atoms with Crippen molar-refractivity contribution in [2.24, 2.45) is 0 Å². The average molecular weight is 305 g/mol. The van der Waals surface area contributed by atoms with Gasteiger partial charge in [0.15, 0.2) is 0 Å². The van der Waals surface area contributed by atoms with E-state index in [-0.39, 0.29) is 24.6 Å². The van der Waals surface area contributed by atoms with E-state index in [9.17, 15) is 15.2 Å². The van der Waals surface area contributed by atoms with Crippen molar-refractivity contribution >= 4 is 27.3 Å². The number of ether oxygens (including phenoxy) is 1. The minimum absolute atomic E-state index is 0.00954. The second kappa shape index (κ2) is 4.59. The number of halogens is 1. The molecule has 2 N–H and O–H groups in total. The number of hydrogen-bond donors (Lipinski definition) is 2. The number of nitrogens with one attached hydrogen (secondary N) is 1. The Balaban J connectivity index is 2.32. The van der Waals surface area contributed by atoms with Crippen LogP contribution < -0.4 is 5.32 Å². The summed E-state index contributed by atoms with van der Waals surface area (Å²) in [6.07, 6.45) is 0. The smallest absolute Gasteiger partial charge is 0.292 e. The van der Waals surface area contributed by atoms with Crippen LogP contribution in [0.25, 0.3) is 0 Å². The molecule has 1 aromatic carbocycles. The van der Waals surface area contributed by atoms with Gasteiger partial charge in [0.1, 0.15) is 11.3 Å². The van der Waals surface area contributed by atoms with E-state index in [4.69, 9.17) is 7.48 Å². The fourth-order valence-corrected chi connectivity index (χ4v) is 1.68. The van der Waals surface area contributed by atoms with Crippen LogP contribution in [0.4, 0.5) is 11.4 Å². The van der Waals surface area contributed by atoms with Crippen LogP contribution in [-0.2, 0) is 4.74 Å². The largest absolute Gasteiger partial charge is 0.383 e. The van der Waals surface area contributed by atoms with E-state index in [0.717, 1.165) is 0 Å². The van der Waals surface area contributed by atoms with E-state index in [1.54, 1.807) is 0 Å². The van der Waals surface area contributed by atoms with Gasteiger partial charge in [0, 0.05) is 17.0 Å². The van der Waals surface area contributed by atoms with Gasteiger partial charge in [-0.3, -0.25) is 10.1 Å². The summed E-state index contributed by atoms with van der Waals surface area (Å²) in [5.41, 5.74) is -1.97. The molecule has 0 radical (unpaired) electrons. The summed E-state index contributed by atoms with van der Waals surface area (Å²) in [4.78, 5) is 10.3. The van der Waals surface area contributed by atoms with Crippen LogP contribution in [0.3, 0.4) is 0 Å². The molecule has 1 saturated heterocycles. The fraction of sp³-hybridized carbons (Fsp3) is 0.400. The van der Waals surface area contributed by atoms with Crippen LogP contribution in [0.1, 0.15) is 2.74 Å². The van der Waals surface area contributed by atoms with Gasteiger partial charge < -0.3 is 15.2 Å². The van der Waals surface area contributed by atoms with E-state index in [1.165, 1.54) is 18.2 Å². The number of hydrogen-bond acceptors (Lipinski definition) is 5. The topological polar surface area (TPSA) is 84.6 Å². The first kappa shape index (κ1) is 9.81. The molecule has 0 spiro atoms. The van der Waals surface area contributed by atoms with Crippen molar-refractivity contribution in [1.29, 1.82) is 0 Å². The number of nitro benzene ring substituents is 1. The molecule has 2 rings (SSSR count). The molecule has 1 aliphatic heterocycles. The molecular formula is C10H11BrN2O4. The summed E-state index contributed by atoms with van der Waals surface area (Å²) in [6, 6.07) is 4.13. The Labute approximate surface area is 109 Å². The lowest BCUT2D eigenvalue weighted by atomic mass is 10.0. The van der Waals surface area contributed by atoms with Gasteiger partial charge in [0.2, 0.25) is 0 Å². The molecular weight excluding hydrogens is 292 g/mol. The Morgan fingerprint density at radius 3 is 2.94 bits per heavy atom. The molecule has 0 amide bonds. The van der Waals surface area contributed by atoms with Crippen molar-refractivity contribution in [2.75, 3.05) is 25.0 Å². The highest BCUT2D eigenvalue weighted by Crippen LogP contribution is 2.29. The highest BCUT2D eigenvalue weighted by atomic mass is 79.9. The fourth-order valence-electron chi connectivity index (χ4n) is 1.32. The van der Waals surface area contributed by atoms with Gasteiger partial charge in [-0.1, -0.05) is 15.9 Å². The normalized spacial score (nSPS) is 19.9. The molecule has 1 heterocycles. The lowest BCUT2D eigenvalue weighted by Gasteiger charge is -2.36. The second-order valence-electron chi connectivity index (χ2n) is 3.69. The van der Waals surface area contributed by atoms with Crippen molar-refractivity contribution in [2.45, 2.75) is 5.60 Å². The van der Waals surface area contributed by atoms with Gasteiger partial charge >= 0.3 is 0 Å². The van der Waals surface area contributed by atoms with E-state index < -0.39 is 17.0 Å². The maximum atomic E-state index is 10.9. The molecule has 0 aliphatic carbocycles. The first-order valence-corrected chi connectivity index (χ1v) is 5.57. The number of benzene rings is 1. The van der Waals surface area contributed by atoms with E-state index >= 15 is 0 Å². The van der Waals surface area contributed by atoms with Gasteiger partial charge in [-0.15, -0.1) is 0 Å². The van der Waals surface area contributed by atoms with Crippen molar-refractivity contribution in [3.8, 4) is 0 Å². The minimum atomic E-state index is -2.24. The van der Waals surface area contributed by atoms with Gasteiger partial charge in [-0.05, 0) is 12.1 Å². The summed E-state index contributed by atoms with van der Waals surface area (Å²) in [6.45, 7) is -2.56. The summed E-state index contributed by atoms with van der Waals surface area (Å²) in [5.74, 6) is 0. The number of anilines is 1. The molecule has 0 atom stereocenters. The van der Waals surface area contributed by atoms with Crippen molar-refractivity contribution < 1.29 is 17.5 Å². The van der Waals surface area contributed by atoms with E-state index in [2.05, 4.69) is 21.2 Å². The third-order valence-electron chi connectivity index (χ3n) is 2.27. The summed E-state index contributed by atoms with van der Waals surface area (Å²) in [7, 11) is 0. The number of nitro groups is 1. The predicted molar refractivity (Wildman–Crippen MR) is 65.1 cm³/mol. The predicted octanol–water partition coefficient (Wildman–Crippen LogP) is 1.53. The number of rotatable bonds is 4. The molecule has 1 aliphatic rings. The van der Waals surface area contributed by atoms with Crippen LogP contribution in [-0.4, -0.2) is 35.3 Å². The molecule has 92 valence electrons. The van der Waals surface area contributed by atoms with Crippen LogP contribution in [0, 0.1) is 10.1 Å². The zero-order valence-corrected chi connectivity index (χ0v) is 10.2. The second-order valence-corrected chi connectivity index (χ2v) is 4.61. The number of nitrogens with zero attached hydrogens (tertiary/aromatic N) is 1. The van der Waals surface area contributed by atoms with Crippen molar-refractivity contribution in [3.63, 3.8) is 0 Å². The van der Waals surface area contributed by atoms with Crippen LogP contribution >= 0.6 is 15.9 Å². The van der Waals surface area contributed by atoms with E-state index in [1.807, 2.05) is 0 Å².